The summed E-state index contributed by atoms with van der Waals surface area (Å²) in [5.41, 5.74) is 5.36. The number of carbonyl (C=O) groups is 1. The molecule has 172 valence electrons. The van der Waals surface area contributed by atoms with E-state index in [1.165, 1.54) is 17.3 Å². The second-order valence-corrected chi connectivity index (χ2v) is 11.4. The van der Waals surface area contributed by atoms with E-state index in [1.54, 1.807) is 11.8 Å². The molecule has 0 unspecified atom stereocenters. The third-order valence-electron chi connectivity index (χ3n) is 6.52. The van der Waals surface area contributed by atoms with Crippen LogP contribution in [-0.2, 0) is 46.9 Å². The van der Waals surface area contributed by atoms with Gasteiger partial charge in [0.25, 0.3) is 0 Å². The number of hydrogen-bond donors (Lipinski definition) is 2. The van der Waals surface area contributed by atoms with E-state index in [2.05, 4.69) is 34.7 Å². The molecular weight excluding hydrogens is 430 g/mol. The number of urea groups is 1. The van der Waals surface area contributed by atoms with Crippen molar-refractivity contribution in [1.29, 1.82) is 0 Å². The molecule has 32 heavy (non-hydrogen) atoms. The van der Waals surface area contributed by atoms with Crippen molar-refractivity contribution in [2.45, 2.75) is 63.5 Å². The fourth-order valence-corrected chi connectivity index (χ4v) is 5.97. The quantitative estimate of drug-likeness (QED) is 0.731. The van der Waals surface area contributed by atoms with Gasteiger partial charge in [-0.25, -0.2) is 18.8 Å². The maximum atomic E-state index is 13.2. The van der Waals surface area contributed by atoms with Gasteiger partial charge in [-0.1, -0.05) is 19.9 Å². The van der Waals surface area contributed by atoms with Crippen LogP contribution in [0.25, 0.3) is 0 Å². The van der Waals surface area contributed by atoms with Crippen molar-refractivity contribution >= 4 is 21.6 Å². The number of fused-ring (bicyclic) bond motifs is 3. The summed E-state index contributed by atoms with van der Waals surface area (Å²) >= 11 is 0. The second-order valence-electron chi connectivity index (χ2n) is 9.66. The first-order chi connectivity index (χ1) is 15.2. The van der Waals surface area contributed by atoms with Crippen molar-refractivity contribution in [3.05, 3.63) is 34.5 Å². The minimum absolute atomic E-state index is 0.0965. The maximum absolute atomic E-state index is 13.2. The van der Waals surface area contributed by atoms with E-state index >= 15 is 0 Å². The summed E-state index contributed by atoms with van der Waals surface area (Å²) in [4.78, 5) is 13.1. The van der Waals surface area contributed by atoms with E-state index in [0.717, 1.165) is 48.9 Å². The number of aryl methyl sites for hydroxylation is 1. The molecule has 1 aromatic carbocycles. The minimum atomic E-state index is -3.53. The van der Waals surface area contributed by atoms with Crippen molar-refractivity contribution in [2.75, 3.05) is 19.0 Å². The second kappa shape index (κ2) is 7.57. The predicted octanol–water partition coefficient (Wildman–Crippen LogP) is 2.84. The van der Waals surface area contributed by atoms with Crippen LogP contribution in [0, 0.1) is 5.41 Å². The zero-order valence-corrected chi connectivity index (χ0v) is 19.5. The SMILES string of the molecule is CO[C@@H]1Cc2cc3c(c(NC(=O)N=[S@@](N)(=O)c4cnn5c4OCC(C)(C)C5)c2C1)CCC3. The van der Waals surface area contributed by atoms with Crippen LogP contribution in [-0.4, -0.2) is 39.8 Å². The molecule has 0 fully saturated rings. The molecule has 0 radical (unpaired) electrons. The Morgan fingerprint density at radius 3 is 2.94 bits per heavy atom. The summed E-state index contributed by atoms with van der Waals surface area (Å²) in [6.07, 6.45) is 5.97. The van der Waals surface area contributed by atoms with E-state index in [9.17, 15) is 9.00 Å². The summed E-state index contributed by atoms with van der Waals surface area (Å²) in [5.74, 6) is 0.317. The van der Waals surface area contributed by atoms with E-state index < -0.39 is 15.9 Å². The lowest BCUT2D eigenvalue weighted by Crippen LogP contribution is -2.33. The molecule has 2 atom stereocenters. The van der Waals surface area contributed by atoms with Gasteiger partial charge in [0.2, 0.25) is 5.88 Å². The molecule has 0 bridgehead atoms. The van der Waals surface area contributed by atoms with Crippen LogP contribution in [0.1, 0.15) is 42.5 Å². The minimum Gasteiger partial charge on any atom is -0.476 e. The Hall–Kier alpha value is -2.43. The van der Waals surface area contributed by atoms with Gasteiger partial charge in [0.15, 0.2) is 9.92 Å². The lowest BCUT2D eigenvalue weighted by molar-refractivity contribution is 0.0972. The highest BCUT2D eigenvalue weighted by molar-refractivity contribution is 7.91. The molecule has 5 rings (SSSR count). The molecule has 2 heterocycles. The Morgan fingerprint density at radius 2 is 2.16 bits per heavy atom. The number of ether oxygens (including phenoxy) is 2. The third kappa shape index (κ3) is 3.70. The monoisotopic (exact) mass is 459 g/mol. The van der Waals surface area contributed by atoms with Crippen LogP contribution < -0.4 is 15.2 Å². The third-order valence-corrected chi connectivity index (χ3v) is 7.86. The molecule has 9 nitrogen and oxygen atoms in total. The van der Waals surface area contributed by atoms with Gasteiger partial charge in [-0.3, -0.25) is 0 Å². The van der Waals surface area contributed by atoms with Crippen LogP contribution >= 0.6 is 0 Å². The van der Waals surface area contributed by atoms with Gasteiger partial charge in [0.1, 0.15) is 4.90 Å². The average molecular weight is 460 g/mol. The van der Waals surface area contributed by atoms with Crippen LogP contribution in [0.2, 0.25) is 0 Å². The molecular formula is C22H29N5O4S. The summed E-state index contributed by atoms with van der Waals surface area (Å²) < 4.78 is 30.1. The lowest BCUT2D eigenvalue weighted by Gasteiger charge is -2.30. The summed E-state index contributed by atoms with van der Waals surface area (Å²) in [7, 11) is -1.82. The number of carbonyl (C=O) groups excluding carboxylic acids is 1. The number of nitrogens with two attached hydrogens (primary N) is 1. The van der Waals surface area contributed by atoms with Gasteiger partial charge in [0.05, 0.1) is 25.5 Å². The fourth-order valence-electron chi connectivity index (χ4n) is 4.96. The average Bonchev–Trinajstić information content (AvgIpc) is 3.43. The molecule has 1 aromatic heterocycles. The number of methoxy groups -OCH3 is 1. The molecule has 10 heteroatoms. The van der Waals surface area contributed by atoms with E-state index in [1.807, 2.05) is 0 Å². The fraction of sp³-hybridized carbons (Fsp3) is 0.545. The standard InChI is InChI=1S/C22H29N5O4S/c1-22(2)11-27-20(31-12-22)18(10-24-27)32(23,29)26-21(28)25-19-16-6-4-5-13(16)7-14-8-15(30-3)9-17(14)19/h7,10,15H,4-6,8-9,11-12H2,1-3H3,(H3,23,25,26,28,29)/t15-,32-/m1/s1. The first kappa shape index (κ1) is 21.4. The molecule has 0 saturated heterocycles. The zero-order chi connectivity index (χ0) is 22.7. The number of nitrogens with zero attached hydrogens (tertiary/aromatic N) is 3. The van der Waals surface area contributed by atoms with Crippen molar-refractivity contribution in [2.24, 2.45) is 14.9 Å². The smallest absolute Gasteiger partial charge is 0.354 e. The molecule has 3 N–H and O–H groups in total. The highest BCUT2D eigenvalue weighted by Crippen LogP contribution is 2.39. The number of amides is 2. The number of anilines is 1. The van der Waals surface area contributed by atoms with E-state index in [4.69, 9.17) is 14.6 Å². The van der Waals surface area contributed by atoms with Crippen molar-refractivity contribution in [1.82, 2.24) is 9.78 Å². The number of nitrogens with one attached hydrogen (secondary N) is 1. The topological polar surface area (TPSA) is 121 Å². The Kier molecular flexibility index (Phi) is 5.06. The highest BCUT2D eigenvalue weighted by Gasteiger charge is 2.33. The highest BCUT2D eigenvalue weighted by atomic mass is 32.2. The molecule has 0 saturated carbocycles. The number of hydrogen-bond acceptors (Lipinski definition) is 5. The van der Waals surface area contributed by atoms with Crippen molar-refractivity contribution in [3.8, 4) is 5.88 Å². The van der Waals surface area contributed by atoms with Crippen LogP contribution in [0.3, 0.4) is 0 Å². The Labute approximate surface area is 188 Å². The Bertz CT molecular complexity index is 1230. The van der Waals surface area contributed by atoms with E-state index in [0.29, 0.717) is 19.0 Å². The van der Waals surface area contributed by atoms with Crippen LogP contribution in [0.15, 0.2) is 21.5 Å². The van der Waals surface area contributed by atoms with Gasteiger partial charge < -0.3 is 14.8 Å². The number of benzene rings is 1. The predicted molar refractivity (Wildman–Crippen MR) is 120 cm³/mol. The first-order valence-electron chi connectivity index (χ1n) is 10.9. The summed E-state index contributed by atoms with van der Waals surface area (Å²) in [6.45, 7) is 5.16. The van der Waals surface area contributed by atoms with Crippen molar-refractivity contribution < 1.29 is 18.5 Å². The molecule has 2 amide bonds. The molecule has 0 spiro atoms. The number of rotatable bonds is 3. The zero-order valence-electron chi connectivity index (χ0n) is 18.6. The first-order valence-corrected chi connectivity index (χ1v) is 12.5. The maximum Gasteiger partial charge on any atom is 0.354 e. The molecule has 1 aliphatic heterocycles. The van der Waals surface area contributed by atoms with Gasteiger partial charge in [-0.05, 0) is 47.9 Å². The van der Waals surface area contributed by atoms with Gasteiger partial charge >= 0.3 is 6.03 Å². The summed E-state index contributed by atoms with van der Waals surface area (Å²) in [5, 5.41) is 13.2. The van der Waals surface area contributed by atoms with Crippen molar-refractivity contribution in [3.63, 3.8) is 0 Å². The lowest BCUT2D eigenvalue weighted by atomic mass is 9.94. The van der Waals surface area contributed by atoms with E-state index in [-0.39, 0.29) is 16.4 Å². The Balaban J connectivity index is 1.46. The number of aromatic nitrogens is 2. The molecule has 2 aliphatic carbocycles. The molecule has 3 aliphatic rings. The van der Waals surface area contributed by atoms with Crippen LogP contribution in [0.4, 0.5) is 10.5 Å². The summed E-state index contributed by atoms with van der Waals surface area (Å²) in [6, 6.07) is 1.52. The normalized spacial score (nSPS) is 22.3. The Morgan fingerprint density at radius 1 is 1.34 bits per heavy atom. The van der Waals surface area contributed by atoms with Gasteiger partial charge in [0, 0.05) is 24.6 Å². The molecule has 2 aromatic rings. The van der Waals surface area contributed by atoms with Gasteiger partial charge in [-0.15, -0.1) is 4.36 Å². The van der Waals surface area contributed by atoms with Gasteiger partial charge in [-0.2, -0.15) is 5.10 Å². The van der Waals surface area contributed by atoms with Crippen LogP contribution in [0.5, 0.6) is 5.88 Å². The largest absolute Gasteiger partial charge is 0.476 e.